The number of nitrogens with zero attached hydrogens (tertiary/aromatic N) is 2. The topological polar surface area (TPSA) is 66.6 Å². The molecule has 0 amide bonds. The number of hydrogen-bond acceptors (Lipinski definition) is 4. The molecule has 114 valence electrons. The molecule has 0 fully saturated rings. The summed E-state index contributed by atoms with van der Waals surface area (Å²) >= 11 is 0. The molecule has 1 aromatic carbocycles. The monoisotopic (exact) mass is 299 g/mol. The Morgan fingerprint density at radius 1 is 1.30 bits per heavy atom. The number of hydrogen-bond donors (Lipinski definition) is 1. The first-order chi connectivity index (χ1) is 9.20. The van der Waals surface area contributed by atoms with Gasteiger partial charge in [-0.05, 0) is 45.6 Å². The average Bonchev–Trinajstić information content (AvgIpc) is 2.31. The number of nitrogens with two attached hydrogens (primary N) is 1. The highest BCUT2D eigenvalue weighted by Gasteiger charge is 2.28. The minimum Gasteiger partial charge on any atom is -0.398 e. The van der Waals surface area contributed by atoms with Crippen LogP contribution >= 0.6 is 0 Å². The molecule has 0 aromatic heterocycles. The maximum atomic E-state index is 12.7. The number of aryl methyl sites for hydroxylation is 1. The zero-order chi connectivity index (χ0) is 15.5. The van der Waals surface area contributed by atoms with E-state index >= 15 is 0 Å². The molecule has 1 aromatic rings. The molecular formula is C14H25N3O2S. The van der Waals surface area contributed by atoms with Gasteiger partial charge >= 0.3 is 0 Å². The SMILES string of the molecule is CCN(C(C)CN(C)C)S(=O)(=O)c1ccc(C)c(N)c1. The Morgan fingerprint density at radius 2 is 1.90 bits per heavy atom. The van der Waals surface area contributed by atoms with Crippen LogP contribution in [0.25, 0.3) is 0 Å². The molecule has 0 saturated carbocycles. The molecule has 0 aliphatic heterocycles. The van der Waals surface area contributed by atoms with Crippen molar-refractivity contribution >= 4 is 15.7 Å². The van der Waals surface area contributed by atoms with Crippen molar-refractivity contribution in [2.24, 2.45) is 0 Å². The lowest BCUT2D eigenvalue weighted by Crippen LogP contribution is -2.43. The second kappa shape index (κ2) is 6.56. The summed E-state index contributed by atoms with van der Waals surface area (Å²) in [6, 6.07) is 4.80. The van der Waals surface area contributed by atoms with Crippen LogP contribution < -0.4 is 5.73 Å². The first-order valence-corrected chi connectivity index (χ1v) is 8.16. The number of anilines is 1. The minimum absolute atomic E-state index is 0.0949. The van der Waals surface area contributed by atoms with E-state index in [1.165, 1.54) is 10.4 Å². The van der Waals surface area contributed by atoms with Gasteiger partial charge in [-0.2, -0.15) is 4.31 Å². The zero-order valence-electron chi connectivity index (χ0n) is 12.9. The van der Waals surface area contributed by atoms with Crippen LogP contribution in [0.1, 0.15) is 19.4 Å². The van der Waals surface area contributed by atoms with E-state index in [2.05, 4.69) is 0 Å². The van der Waals surface area contributed by atoms with Crippen molar-refractivity contribution in [1.29, 1.82) is 0 Å². The van der Waals surface area contributed by atoms with Crippen LogP contribution in [0.5, 0.6) is 0 Å². The Labute approximate surface area is 122 Å². The fourth-order valence-electron chi connectivity index (χ4n) is 2.25. The van der Waals surface area contributed by atoms with Crippen molar-refractivity contribution in [1.82, 2.24) is 9.21 Å². The van der Waals surface area contributed by atoms with Crippen LogP contribution in [0.15, 0.2) is 23.1 Å². The van der Waals surface area contributed by atoms with Crippen molar-refractivity contribution in [3.8, 4) is 0 Å². The Hall–Kier alpha value is -1.11. The standard InChI is InChI=1S/C14H25N3O2S/c1-6-17(12(3)10-16(4)5)20(18,19)13-8-7-11(2)14(15)9-13/h7-9,12H,6,10,15H2,1-5H3. The molecule has 0 aliphatic carbocycles. The van der Waals surface area contributed by atoms with Gasteiger partial charge in [0.25, 0.3) is 0 Å². The number of rotatable bonds is 6. The molecule has 0 bridgehead atoms. The van der Waals surface area contributed by atoms with E-state index in [1.54, 1.807) is 12.1 Å². The quantitative estimate of drug-likeness (QED) is 0.809. The lowest BCUT2D eigenvalue weighted by atomic mass is 10.2. The molecular weight excluding hydrogens is 274 g/mol. The smallest absolute Gasteiger partial charge is 0.243 e. The van der Waals surface area contributed by atoms with Gasteiger partial charge in [0, 0.05) is 24.8 Å². The summed E-state index contributed by atoms with van der Waals surface area (Å²) < 4.78 is 26.9. The van der Waals surface area contributed by atoms with Gasteiger partial charge in [-0.15, -0.1) is 0 Å². The van der Waals surface area contributed by atoms with Crippen LogP contribution in [0.4, 0.5) is 5.69 Å². The fraction of sp³-hybridized carbons (Fsp3) is 0.571. The third-order valence-corrected chi connectivity index (χ3v) is 5.38. The molecule has 6 heteroatoms. The van der Waals surface area contributed by atoms with E-state index in [0.717, 1.165) is 5.56 Å². The van der Waals surface area contributed by atoms with Crippen molar-refractivity contribution in [2.75, 3.05) is 32.9 Å². The van der Waals surface area contributed by atoms with Crippen molar-refractivity contribution < 1.29 is 8.42 Å². The number of nitrogen functional groups attached to an aromatic ring is 1. The molecule has 2 N–H and O–H groups in total. The lowest BCUT2D eigenvalue weighted by molar-refractivity contribution is 0.271. The maximum Gasteiger partial charge on any atom is 0.243 e. The maximum absolute atomic E-state index is 12.7. The summed E-state index contributed by atoms with van der Waals surface area (Å²) in [7, 11) is 0.354. The van der Waals surface area contributed by atoms with E-state index in [-0.39, 0.29) is 10.9 Å². The summed E-state index contributed by atoms with van der Waals surface area (Å²) in [6.45, 7) is 6.73. The van der Waals surface area contributed by atoms with E-state index in [4.69, 9.17) is 5.73 Å². The van der Waals surface area contributed by atoms with Gasteiger partial charge in [0.2, 0.25) is 10.0 Å². The fourth-order valence-corrected chi connectivity index (χ4v) is 3.92. The molecule has 5 nitrogen and oxygen atoms in total. The minimum atomic E-state index is -3.51. The largest absolute Gasteiger partial charge is 0.398 e. The van der Waals surface area contributed by atoms with Crippen LogP contribution in [-0.2, 0) is 10.0 Å². The summed E-state index contributed by atoms with van der Waals surface area (Å²) in [4.78, 5) is 2.24. The molecule has 1 rings (SSSR count). The molecule has 1 atom stereocenters. The van der Waals surface area contributed by atoms with Crippen molar-refractivity contribution in [2.45, 2.75) is 31.7 Å². The van der Waals surface area contributed by atoms with Gasteiger partial charge in [0.15, 0.2) is 0 Å². The highest BCUT2D eigenvalue weighted by molar-refractivity contribution is 7.89. The summed E-state index contributed by atoms with van der Waals surface area (Å²) in [5.41, 5.74) is 7.21. The van der Waals surface area contributed by atoms with Crippen LogP contribution in [0, 0.1) is 6.92 Å². The van der Waals surface area contributed by atoms with Crippen LogP contribution in [-0.4, -0.2) is 50.8 Å². The lowest BCUT2D eigenvalue weighted by Gasteiger charge is -2.29. The van der Waals surface area contributed by atoms with Crippen molar-refractivity contribution in [3.05, 3.63) is 23.8 Å². The number of sulfonamides is 1. The first kappa shape index (κ1) is 16.9. The van der Waals surface area contributed by atoms with Crippen LogP contribution in [0.3, 0.4) is 0 Å². The molecule has 0 saturated heterocycles. The van der Waals surface area contributed by atoms with E-state index in [1.807, 2.05) is 39.8 Å². The second-order valence-corrected chi connectivity index (χ2v) is 7.23. The Kier molecular flexibility index (Phi) is 5.56. The van der Waals surface area contributed by atoms with Gasteiger partial charge < -0.3 is 10.6 Å². The predicted octanol–water partition coefficient (Wildman–Crippen LogP) is 1.54. The Bertz CT molecular complexity index is 556. The summed E-state index contributed by atoms with van der Waals surface area (Å²) in [6.07, 6.45) is 0. The highest BCUT2D eigenvalue weighted by Crippen LogP contribution is 2.22. The number of likely N-dealkylation sites (N-methyl/N-ethyl adjacent to an activating group) is 2. The number of benzene rings is 1. The molecule has 1 unspecified atom stereocenters. The third-order valence-electron chi connectivity index (χ3n) is 3.29. The zero-order valence-corrected chi connectivity index (χ0v) is 13.7. The second-order valence-electron chi connectivity index (χ2n) is 5.34. The van der Waals surface area contributed by atoms with E-state index in [9.17, 15) is 8.42 Å². The molecule has 0 heterocycles. The summed E-state index contributed by atoms with van der Waals surface area (Å²) in [5.74, 6) is 0. The molecule has 20 heavy (non-hydrogen) atoms. The summed E-state index contributed by atoms with van der Waals surface area (Å²) in [5, 5.41) is 0. The van der Waals surface area contributed by atoms with E-state index in [0.29, 0.717) is 18.8 Å². The van der Waals surface area contributed by atoms with Gasteiger partial charge in [-0.1, -0.05) is 13.0 Å². The normalized spacial score (nSPS) is 13.9. The first-order valence-electron chi connectivity index (χ1n) is 6.72. The average molecular weight is 299 g/mol. The van der Waals surface area contributed by atoms with Gasteiger partial charge in [-0.25, -0.2) is 8.42 Å². The Balaban J connectivity index is 3.14. The van der Waals surface area contributed by atoms with Crippen molar-refractivity contribution in [3.63, 3.8) is 0 Å². The van der Waals surface area contributed by atoms with Crippen LogP contribution in [0.2, 0.25) is 0 Å². The van der Waals surface area contributed by atoms with E-state index < -0.39 is 10.0 Å². The molecule has 0 radical (unpaired) electrons. The third kappa shape index (κ3) is 3.71. The van der Waals surface area contributed by atoms with Gasteiger partial charge in [0.1, 0.15) is 0 Å². The predicted molar refractivity (Wildman–Crippen MR) is 83.2 cm³/mol. The van der Waals surface area contributed by atoms with Gasteiger partial charge in [0.05, 0.1) is 4.90 Å². The molecule has 0 aliphatic rings. The van der Waals surface area contributed by atoms with Gasteiger partial charge in [-0.3, -0.25) is 0 Å². The highest BCUT2D eigenvalue weighted by atomic mass is 32.2. The Morgan fingerprint density at radius 3 is 2.35 bits per heavy atom. The molecule has 0 spiro atoms.